The topological polar surface area (TPSA) is 42.1 Å². The molecule has 0 radical (unpaired) electrons. The molecule has 1 aliphatic heterocycles. The third-order valence-corrected chi connectivity index (χ3v) is 3.59. The van der Waals surface area contributed by atoms with Crippen LogP contribution in [-0.4, -0.2) is 11.0 Å². The molecule has 0 bridgehead atoms. The van der Waals surface area contributed by atoms with Gasteiger partial charge in [-0.2, -0.15) is 0 Å². The summed E-state index contributed by atoms with van der Waals surface area (Å²) in [5, 5.41) is 1.16. The van der Waals surface area contributed by atoms with E-state index in [0.29, 0.717) is 0 Å². The predicted molar refractivity (Wildman–Crippen MR) is 65.9 cm³/mol. The Morgan fingerprint density at radius 1 is 1.24 bits per heavy atom. The van der Waals surface area contributed by atoms with E-state index in [1.54, 1.807) is 6.20 Å². The van der Waals surface area contributed by atoms with Crippen LogP contribution in [0.3, 0.4) is 0 Å². The van der Waals surface area contributed by atoms with Crippen molar-refractivity contribution in [3.05, 3.63) is 46.1 Å². The molecule has 1 aromatic heterocycles. The molecule has 5 heteroatoms. The fourth-order valence-corrected chi connectivity index (χ4v) is 2.32. The highest BCUT2D eigenvalue weighted by Gasteiger charge is 2.34. The number of ether oxygens (including phenoxy) is 1. The van der Waals surface area contributed by atoms with Gasteiger partial charge in [0.2, 0.25) is 0 Å². The molecule has 1 N–H and O–H groups in total. The Balaban J connectivity index is 2.15. The first-order valence-electron chi connectivity index (χ1n) is 5.00. The summed E-state index contributed by atoms with van der Waals surface area (Å²) >= 11 is 11.7. The van der Waals surface area contributed by atoms with Crippen LogP contribution in [0, 0.1) is 0 Å². The van der Waals surface area contributed by atoms with Crippen LogP contribution in [0.2, 0.25) is 0 Å². The minimum Gasteiger partial charge on any atom is -0.447 e. The highest BCUT2D eigenvalue weighted by atomic mass is 35.5. The Morgan fingerprint density at radius 2 is 2.00 bits per heavy atom. The first-order valence-corrected chi connectivity index (χ1v) is 5.76. The predicted octanol–water partition coefficient (Wildman–Crippen LogP) is 3.46. The van der Waals surface area contributed by atoms with Gasteiger partial charge in [-0.25, -0.2) is 4.79 Å². The monoisotopic (exact) mass is 267 g/mol. The summed E-state index contributed by atoms with van der Waals surface area (Å²) in [4.78, 5) is 14.4. The molecule has 0 aliphatic carbocycles. The summed E-state index contributed by atoms with van der Waals surface area (Å²) in [6.45, 7) is 0. The number of nitrogens with one attached hydrogen (secondary N) is 1. The zero-order chi connectivity index (χ0) is 12.0. The van der Waals surface area contributed by atoms with Gasteiger partial charge in [0.05, 0.1) is 5.03 Å². The van der Waals surface area contributed by atoms with Gasteiger partial charge in [0.15, 0.2) is 6.10 Å². The summed E-state index contributed by atoms with van der Waals surface area (Å²) in [5.41, 5.74) is 1.78. The number of cyclic esters (lactones) is 1. The summed E-state index contributed by atoms with van der Waals surface area (Å²) < 4.78 is 5.14. The Morgan fingerprint density at radius 3 is 2.71 bits per heavy atom. The lowest BCUT2D eigenvalue weighted by Crippen LogP contribution is -2.01. The van der Waals surface area contributed by atoms with Crippen LogP contribution in [0.15, 0.2) is 40.5 Å². The maximum Gasteiger partial charge on any atom is 0.352 e. The lowest BCUT2D eigenvalue weighted by atomic mass is 10.1. The van der Waals surface area contributed by atoms with Crippen molar-refractivity contribution in [2.75, 3.05) is 0 Å². The number of rotatable bonds is 1. The number of hydrogen-bond donors (Lipinski definition) is 1. The lowest BCUT2D eigenvalue weighted by Gasteiger charge is -2.08. The molecule has 0 saturated carbocycles. The SMILES string of the molecule is O=C1OC(c2c[nH]c3ccccc23)C(Cl)=C1Cl. The number of para-hydroxylation sites is 1. The van der Waals surface area contributed by atoms with Gasteiger partial charge in [-0.3, -0.25) is 0 Å². The number of esters is 1. The van der Waals surface area contributed by atoms with Crippen LogP contribution in [0.5, 0.6) is 0 Å². The van der Waals surface area contributed by atoms with Gasteiger partial charge in [-0.1, -0.05) is 41.4 Å². The van der Waals surface area contributed by atoms with Crippen LogP contribution in [0.25, 0.3) is 10.9 Å². The third kappa shape index (κ3) is 1.54. The smallest absolute Gasteiger partial charge is 0.352 e. The van der Waals surface area contributed by atoms with Crippen molar-refractivity contribution in [1.82, 2.24) is 4.98 Å². The van der Waals surface area contributed by atoms with Crippen LogP contribution < -0.4 is 0 Å². The molecule has 3 nitrogen and oxygen atoms in total. The quantitative estimate of drug-likeness (QED) is 0.805. The molecular formula is C12H7Cl2NO2. The number of hydrogen-bond acceptors (Lipinski definition) is 2. The second-order valence-corrected chi connectivity index (χ2v) is 4.52. The second kappa shape index (κ2) is 3.79. The number of fused-ring (bicyclic) bond motifs is 1. The molecule has 0 spiro atoms. The van der Waals surface area contributed by atoms with E-state index in [1.165, 1.54) is 0 Å². The van der Waals surface area contributed by atoms with Gasteiger partial charge in [0.1, 0.15) is 5.03 Å². The van der Waals surface area contributed by atoms with Gasteiger partial charge in [0, 0.05) is 22.7 Å². The van der Waals surface area contributed by atoms with Crippen molar-refractivity contribution < 1.29 is 9.53 Å². The van der Waals surface area contributed by atoms with Crippen molar-refractivity contribution in [1.29, 1.82) is 0 Å². The number of H-pyrrole nitrogens is 1. The summed E-state index contributed by atoms with van der Waals surface area (Å²) in [5.74, 6) is -0.577. The zero-order valence-electron chi connectivity index (χ0n) is 8.54. The number of aromatic nitrogens is 1. The molecule has 1 aliphatic rings. The Labute approximate surface area is 107 Å². The fraction of sp³-hybridized carbons (Fsp3) is 0.0833. The average molecular weight is 268 g/mol. The highest BCUT2D eigenvalue weighted by molar-refractivity contribution is 6.48. The molecule has 0 fully saturated rings. The van der Waals surface area contributed by atoms with E-state index < -0.39 is 12.1 Å². The van der Waals surface area contributed by atoms with Crippen LogP contribution in [0.4, 0.5) is 0 Å². The van der Waals surface area contributed by atoms with Crippen molar-refractivity contribution in [2.45, 2.75) is 6.10 Å². The minimum atomic E-state index is -0.604. The Bertz CT molecular complexity index is 645. The molecular weight excluding hydrogens is 261 g/mol. The largest absolute Gasteiger partial charge is 0.447 e. The van der Waals surface area contributed by atoms with E-state index in [1.807, 2.05) is 24.3 Å². The summed E-state index contributed by atoms with van der Waals surface area (Å²) in [6, 6.07) is 7.71. The number of aromatic amines is 1. The number of carbonyl (C=O) groups is 1. The van der Waals surface area contributed by atoms with E-state index in [-0.39, 0.29) is 10.1 Å². The molecule has 1 aromatic carbocycles. The maximum atomic E-state index is 11.3. The standard InChI is InChI=1S/C12H7Cl2NO2/c13-9-10(14)12(16)17-11(9)7-5-15-8-4-2-1-3-6(7)8/h1-5,11,15H. The van der Waals surface area contributed by atoms with E-state index in [9.17, 15) is 4.79 Å². The molecule has 2 aromatic rings. The summed E-state index contributed by atoms with van der Waals surface area (Å²) in [7, 11) is 0. The van der Waals surface area contributed by atoms with Crippen LogP contribution in [-0.2, 0) is 9.53 Å². The van der Waals surface area contributed by atoms with Gasteiger partial charge in [0.25, 0.3) is 0 Å². The van der Waals surface area contributed by atoms with Gasteiger partial charge in [-0.15, -0.1) is 0 Å². The van der Waals surface area contributed by atoms with Gasteiger partial charge >= 0.3 is 5.97 Å². The second-order valence-electron chi connectivity index (χ2n) is 3.74. The van der Waals surface area contributed by atoms with Crippen molar-refractivity contribution >= 4 is 40.1 Å². The zero-order valence-corrected chi connectivity index (χ0v) is 10.0. The molecule has 17 heavy (non-hydrogen) atoms. The highest BCUT2D eigenvalue weighted by Crippen LogP contribution is 2.41. The van der Waals surface area contributed by atoms with Gasteiger partial charge in [-0.05, 0) is 6.07 Å². The van der Waals surface area contributed by atoms with E-state index in [0.717, 1.165) is 16.5 Å². The fourth-order valence-electron chi connectivity index (χ4n) is 1.93. The average Bonchev–Trinajstić information content (AvgIpc) is 2.86. The molecule has 86 valence electrons. The molecule has 1 unspecified atom stereocenters. The first-order chi connectivity index (χ1) is 8.18. The normalized spacial score (nSPS) is 20.1. The van der Waals surface area contributed by atoms with Crippen molar-refractivity contribution in [3.63, 3.8) is 0 Å². The summed E-state index contributed by atoms with van der Waals surface area (Å²) in [6.07, 6.45) is 1.17. The van der Waals surface area contributed by atoms with E-state index in [4.69, 9.17) is 27.9 Å². The molecule has 0 saturated heterocycles. The molecule has 1 atom stereocenters. The Kier molecular flexibility index (Phi) is 2.38. The van der Waals surface area contributed by atoms with E-state index in [2.05, 4.69) is 4.98 Å². The molecule has 2 heterocycles. The van der Waals surface area contributed by atoms with E-state index >= 15 is 0 Å². The van der Waals surface area contributed by atoms with Crippen molar-refractivity contribution in [2.24, 2.45) is 0 Å². The van der Waals surface area contributed by atoms with Crippen LogP contribution >= 0.6 is 23.2 Å². The van der Waals surface area contributed by atoms with Crippen LogP contribution in [0.1, 0.15) is 11.7 Å². The molecule has 3 rings (SSSR count). The number of carbonyl (C=O) groups excluding carboxylic acids is 1. The lowest BCUT2D eigenvalue weighted by molar-refractivity contribution is -0.139. The Hall–Kier alpha value is -1.45. The maximum absolute atomic E-state index is 11.3. The number of benzene rings is 1. The first kappa shape index (κ1) is 10.7. The number of halogens is 2. The van der Waals surface area contributed by atoms with Crippen molar-refractivity contribution in [3.8, 4) is 0 Å². The minimum absolute atomic E-state index is 0.0399. The van der Waals surface area contributed by atoms with Gasteiger partial charge < -0.3 is 9.72 Å². The molecule has 0 amide bonds. The third-order valence-electron chi connectivity index (χ3n) is 2.75.